The second-order valence-electron chi connectivity index (χ2n) is 10.9. The Balaban J connectivity index is 3.21. The molecule has 1 aliphatic heterocycles. The molecule has 0 aromatic heterocycles. The highest BCUT2D eigenvalue weighted by atomic mass is 32.2. The van der Waals surface area contributed by atoms with E-state index in [0.29, 0.717) is 12.2 Å². The van der Waals surface area contributed by atoms with Crippen molar-refractivity contribution in [2.45, 2.75) is 85.2 Å². The van der Waals surface area contributed by atoms with Crippen molar-refractivity contribution >= 4 is 29.5 Å². The van der Waals surface area contributed by atoms with Gasteiger partial charge in [-0.25, -0.2) is 4.79 Å². The maximum absolute atomic E-state index is 13.7. The molecule has 2 amide bonds. The van der Waals surface area contributed by atoms with Crippen LogP contribution in [0.4, 0.5) is 0 Å². The second-order valence-corrected chi connectivity index (χ2v) is 12.6. The maximum Gasteiger partial charge on any atom is 0.333 e. The molecule has 33 heavy (non-hydrogen) atoms. The van der Waals surface area contributed by atoms with E-state index in [1.165, 1.54) is 0 Å². The van der Waals surface area contributed by atoms with E-state index in [1.807, 2.05) is 41.7 Å². The molecule has 0 aliphatic carbocycles. The van der Waals surface area contributed by atoms with Gasteiger partial charge in [0.1, 0.15) is 12.1 Å². The first-order valence-electron chi connectivity index (χ1n) is 11.8. The minimum atomic E-state index is -0.705. The third-order valence-electron chi connectivity index (χ3n) is 6.16. The summed E-state index contributed by atoms with van der Waals surface area (Å²) < 4.78 is 4.85. The van der Waals surface area contributed by atoms with Gasteiger partial charge in [0, 0.05) is 29.7 Å². The number of esters is 1. The number of ether oxygens (including phenoxy) is 1. The number of nitrogens with one attached hydrogen (secondary N) is 1. The Labute approximate surface area is 205 Å². The van der Waals surface area contributed by atoms with Gasteiger partial charge >= 0.3 is 5.97 Å². The summed E-state index contributed by atoms with van der Waals surface area (Å²) in [4.78, 5) is 43.0. The number of rotatable bonds is 8. The van der Waals surface area contributed by atoms with E-state index < -0.39 is 11.5 Å². The summed E-state index contributed by atoms with van der Waals surface area (Å²) >= 11 is 1.78. The zero-order chi connectivity index (χ0) is 25.7. The van der Waals surface area contributed by atoms with E-state index in [9.17, 15) is 14.4 Å². The van der Waals surface area contributed by atoms with E-state index in [0.717, 1.165) is 12.3 Å². The molecular formula is C25H45N3O4S. The van der Waals surface area contributed by atoms with E-state index >= 15 is 0 Å². The fourth-order valence-corrected chi connectivity index (χ4v) is 5.60. The molecular weight excluding hydrogens is 438 g/mol. The minimum Gasteiger partial charge on any atom is -0.463 e. The van der Waals surface area contributed by atoms with Crippen molar-refractivity contribution in [2.24, 2.45) is 11.3 Å². The van der Waals surface area contributed by atoms with Crippen molar-refractivity contribution in [3.05, 3.63) is 11.6 Å². The van der Waals surface area contributed by atoms with Crippen molar-refractivity contribution in [1.82, 2.24) is 15.1 Å². The Hall–Kier alpha value is -1.54. The molecule has 3 atom stereocenters. The van der Waals surface area contributed by atoms with Crippen LogP contribution in [0.1, 0.15) is 62.3 Å². The smallest absolute Gasteiger partial charge is 0.333 e. The number of carbonyl (C=O) groups is 3. The van der Waals surface area contributed by atoms with Gasteiger partial charge in [-0.3, -0.25) is 14.5 Å². The molecule has 0 aromatic rings. The standard InChI is InChI=1S/C25H45N3O4S/c1-12-32-23(31)17(4)15-18(16(2)3)28(11)22(30)19(24(5,6)7)26-21(29)20-25(8,9)33-14-13-27(20)10/h15-16,18-20H,12-14H2,1-11H3,(H,26,29)/b17-15+/t18?,19?,20-/m0/s1. The maximum atomic E-state index is 13.7. The van der Waals surface area contributed by atoms with E-state index in [4.69, 9.17) is 4.74 Å². The lowest BCUT2D eigenvalue weighted by atomic mass is 9.84. The SMILES string of the molecule is CCOC(=O)/C(C)=C/C(C(C)C)N(C)C(=O)C(NC(=O)[C@@H]1N(C)CCSC1(C)C)C(C)(C)C. The number of nitrogens with zero attached hydrogens (tertiary/aromatic N) is 2. The van der Waals surface area contributed by atoms with Gasteiger partial charge in [0.15, 0.2) is 0 Å². The normalized spacial score (nSPS) is 21.3. The fourth-order valence-electron chi connectivity index (χ4n) is 4.25. The molecule has 8 heteroatoms. The van der Waals surface area contributed by atoms with Gasteiger partial charge in [0.2, 0.25) is 11.8 Å². The summed E-state index contributed by atoms with van der Waals surface area (Å²) in [6.45, 7) is 18.6. The van der Waals surface area contributed by atoms with Crippen LogP contribution in [-0.4, -0.2) is 83.5 Å². The van der Waals surface area contributed by atoms with Crippen LogP contribution in [0.15, 0.2) is 11.6 Å². The van der Waals surface area contributed by atoms with Crippen LogP contribution >= 0.6 is 11.8 Å². The largest absolute Gasteiger partial charge is 0.463 e. The van der Waals surface area contributed by atoms with Crippen LogP contribution < -0.4 is 5.32 Å². The summed E-state index contributed by atoms with van der Waals surface area (Å²) in [7, 11) is 3.70. The van der Waals surface area contributed by atoms with Gasteiger partial charge in [-0.2, -0.15) is 11.8 Å². The highest BCUT2D eigenvalue weighted by Crippen LogP contribution is 2.35. The van der Waals surface area contributed by atoms with Crippen LogP contribution in [-0.2, 0) is 19.1 Å². The topological polar surface area (TPSA) is 79.0 Å². The number of carbonyl (C=O) groups excluding carboxylic acids is 3. The quantitative estimate of drug-likeness (QED) is 0.421. The number of amides is 2. The van der Waals surface area contributed by atoms with Crippen molar-refractivity contribution in [3.63, 3.8) is 0 Å². The molecule has 190 valence electrons. The lowest BCUT2D eigenvalue weighted by Crippen LogP contribution is -2.63. The average Bonchev–Trinajstić information content (AvgIpc) is 2.67. The van der Waals surface area contributed by atoms with Crippen molar-refractivity contribution in [2.75, 3.05) is 33.0 Å². The van der Waals surface area contributed by atoms with Crippen LogP contribution in [0, 0.1) is 11.3 Å². The number of likely N-dealkylation sites (N-methyl/N-ethyl adjacent to an activating group) is 2. The molecule has 1 rings (SSSR count). The zero-order valence-electron chi connectivity index (χ0n) is 22.4. The molecule has 0 saturated carbocycles. The summed E-state index contributed by atoms with van der Waals surface area (Å²) in [5.41, 5.74) is -0.0263. The molecule has 0 radical (unpaired) electrons. The Kier molecular flexibility index (Phi) is 10.5. The van der Waals surface area contributed by atoms with Gasteiger partial charge in [-0.1, -0.05) is 40.7 Å². The molecule has 2 unspecified atom stereocenters. The van der Waals surface area contributed by atoms with Crippen LogP contribution in [0.25, 0.3) is 0 Å². The van der Waals surface area contributed by atoms with Gasteiger partial charge in [0.25, 0.3) is 0 Å². The van der Waals surface area contributed by atoms with Crippen molar-refractivity contribution < 1.29 is 19.1 Å². The molecule has 7 nitrogen and oxygen atoms in total. The molecule has 1 fully saturated rings. The first kappa shape index (κ1) is 29.5. The number of thioether (sulfide) groups is 1. The Morgan fingerprint density at radius 1 is 1.27 bits per heavy atom. The molecule has 1 N–H and O–H groups in total. The summed E-state index contributed by atoms with van der Waals surface area (Å²) in [6, 6.07) is -1.34. The molecule has 1 saturated heterocycles. The highest BCUT2D eigenvalue weighted by molar-refractivity contribution is 8.00. The van der Waals surface area contributed by atoms with Gasteiger partial charge in [-0.05, 0) is 46.1 Å². The molecule has 0 aromatic carbocycles. The third-order valence-corrected chi connectivity index (χ3v) is 7.52. The third kappa shape index (κ3) is 7.74. The van der Waals surface area contributed by atoms with Crippen LogP contribution in [0.5, 0.6) is 0 Å². The lowest BCUT2D eigenvalue weighted by molar-refractivity contribution is -0.141. The first-order valence-corrected chi connectivity index (χ1v) is 12.8. The van der Waals surface area contributed by atoms with E-state index in [2.05, 4.69) is 24.1 Å². The van der Waals surface area contributed by atoms with Crippen molar-refractivity contribution in [1.29, 1.82) is 0 Å². The molecule has 0 bridgehead atoms. The average molecular weight is 484 g/mol. The van der Waals surface area contributed by atoms with Crippen molar-refractivity contribution in [3.8, 4) is 0 Å². The van der Waals surface area contributed by atoms with Crippen LogP contribution in [0.3, 0.4) is 0 Å². The predicted octanol–water partition coefficient (Wildman–Crippen LogP) is 3.34. The summed E-state index contributed by atoms with van der Waals surface area (Å²) in [6.07, 6.45) is 1.79. The number of hydrogen-bond acceptors (Lipinski definition) is 6. The first-order chi connectivity index (χ1) is 15.0. The molecule has 1 heterocycles. The molecule has 0 spiro atoms. The van der Waals surface area contributed by atoms with Crippen LogP contribution in [0.2, 0.25) is 0 Å². The van der Waals surface area contributed by atoms with E-state index in [-0.39, 0.29) is 40.5 Å². The monoisotopic (exact) mass is 483 g/mol. The number of hydrogen-bond donors (Lipinski definition) is 1. The summed E-state index contributed by atoms with van der Waals surface area (Å²) in [5.74, 6) is 0.353. The van der Waals surface area contributed by atoms with Gasteiger partial charge < -0.3 is 15.0 Å². The zero-order valence-corrected chi connectivity index (χ0v) is 23.3. The highest BCUT2D eigenvalue weighted by Gasteiger charge is 2.44. The molecule has 1 aliphatic rings. The van der Waals surface area contributed by atoms with Gasteiger partial charge in [-0.15, -0.1) is 0 Å². The Morgan fingerprint density at radius 3 is 2.30 bits per heavy atom. The second kappa shape index (κ2) is 11.7. The minimum absolute atomic E-state index is 0.0689. The fraction of sp³-hybridized carbons (Fsp3) is 0.800. The predicted molar refractivity (Wildman–Crippen MR) is 136 cm³/mol. The summed E-state index contributed by atoms with van der Waals surface area (Å²) in [5, 5.41) is 3.09. The Bertz CT molecular complexity index is 742. The Morgan fingerprint density at radius 2 is 1.85 bits per heavy atom. The lowest BCUT2D eigenvalue weighted by Gasteiger charge is -2.44. The van der Waals surface area contributed by atoms with E-state index in [1.54, 1.807) is 43.6 Å². The van der Waals surface area contributed by atoms with Gasteiger partial charge in [0.05, 0.1) is 12.6 Å².